The van der Waals surface area contributed by atoms with Crippen molar-refractivity contribution in [2.45, 2.75) is 31.7 Å². The third kappa shape index (κ3) is 2.11. The van der Waals surface area contributed by atoms with Crippen molar-refractivity contribution in [2.75, 3.05) is 6.54 Å². The zero-order valence-electron chi connectivity index (χ0n) is 8.39. The van der Waals surface area contributed by atoms with Crippen LogP contribution < -0.4 is 5.84 Å². The Bertz CT molecular complexity index is 273. The number of hydrogen-bond donors (Lipinski definition) is 1. The summed E-state index contributed by atoms with van der Waals surface area (Å²) in [6.07, 6.45) is 8.67. The SMILES string of the molecule is NN1CCCCC[C@@H]1c1cccnc1. The first kappa shape index (κ1) is 9.62. The summed E-state index contributed by atoms with van der Waals surface area (Å²) in [6.45, 7) is 1.000. The Balaban J connectivity index is 2.15. The Kier molecular flexibility index (Phi) is 3.11. The molecule has 0 aromatic carbocycles. The van der Waals surface area contributed by atoms with Crippen LogP contribution in [0.3, 0.4) is 0 Å². The number of pyridine rings is 1. The smallest absolute Gasteiger partial charge is 0.0505 e. The molecule has 0 unspecified atom stereocenters. The minimum atomic E-state index is 0.367. The second-order valence-electron chi connectivity index (χ2n) is 3.89. The molecule has 2 rings (SSSR count). The Morgan fingerprint density at radius 3 is 3.07 bits per heavy atom. The highest BCUT2D eigenvalue weighted by Crippen LogP contribution is 2.26. The zero-order chi connectivity index (χ0) is 9.80. The molecule has 1 aromatic heterocycles. The minimum Gasteiger partial charge on any atom is -0.268 e. The van der Waals surface area contributed by atoms with Crippen molar-refractivity contribution in [3.8, 4) is 0 Å². The maximum absolute atomic E-state index is 6.02. The quantitative estimate of drug-likeness (QED) is 0.689. The third-order valence-corrected chi connectivity index (χ3v) is 2.86. The monoisotopic (exact) mass is 191 g/mol. The molecule has 2 N–H and O–H groups in total. The van der Waals surface area contributed by atoms with Crippen molar-refractivity contribution in [3.63, 3.8) is 0 Å². The average molecular weight is 191 g/mol. The lowest BCUT2D eigenvalue weighted by Gasteiger charge is -2.24. The summed E-state index contributed by atoms with van der Waals surface area (Å²) in [5.41, 5.74) is 1.25. The normalized spacial score (nSPS) is 24.5. The highest BCUT2D eigenvalue weighted by molar-refractivity contribution is 5.13. The van der Waals surface area contributed by atoms with Gasteiger partial charge in [-0.15, -0.1) is 0 Å². The van der Waals surface area contributed by atoms with E-state index >= 15 is 0 Å². The first-order chi connectivity index (χ1) is 6.88. The summed E-state index contributed by atoms with van der Waals surface area (Å²) < 4.78 is 0. The predicted octanol–water partition coefficient (Wildman–Crippen LogP) is 1.87. The molecule has 3 heteroatoms. The lowest BCUT2D eigenvalue weighted by Crippen LogP contribution is -2.34. The van der Waals surface area contributed by atoms with E-state index in [2.05, 4.69) is 11.1 Å². The first-order valence-electron chi connectivity index (χ1n) is 5.29. The third-order valence-electron chi connectivity index (χ3n) is 2.86. The van der Waals surface area contributed by atoms with Gasteiger partial charge in [-0.2, -0.15) is 0 Å². The van der Waals surface area contributed by atoms with E-state index in [-0.39, 0.29) is 0 Å². The molecule has 1 aliphatic rings. The number of hydrazine groups is 1. The van der Waals surface area contributed by atoms with E-state index in [1.807, 2.05) is 17.3 Å². The van der Waals surface area contributed by atoms with Crippen LogP contribution in [0.5, 0.6) is 0 Å². The van der Waals surface area contributed by atoms with Gasteiger partial charge in [0.05, 0.1) is 6.04 Å². The number of aromatic nitrogens is 1. The van der Waals surface area contributed by atoms with Crippen molar-refractivity contribution in [2.24, 2.45) is 5.84 Å². The van der Waals surface area contributed by atoms with Crippen LogP contribution in [0.15, 0.2) is 24.5 Å². The van der Waals surface area contributed by atoms with Gasteiger partial charge in [-0.1, -0.05) is 18.9 Å². The fourth-order valence-electron chi connectivity index (χ4n) is 2.06. The molecule has 0 saturated carbocycles. The fourth-order valence-corrected chi connectivity index (χ4v) is 2.06. The van der Waals surface area contributed by atoms with Crippen molar-refractivity contribution >= 4 is 0 Å². The number of rotatable bonds is 1. The van der Waals surface area contributed by atoms with Crippen LogP contribution in [0.25, 0.3) is 0 Å². The number of nitrogens with two attached hydrogens (primary N) is 1. The van der Waals surface area contributed by atoms with Gasteiger partial charge >= 0.3 is 0 Å². The molecule has 14 heavy (non-hydrogen) atoms. The molecule has 1 aromatic rings. The summed E-state index contributed by atoms with van der Waals surface area (Å²) in [5, 5.41) is 1.96. The van der Waals surface area contributed by atoms with Crippen LogP contribution in [-0.4, -0.2) is 16.5 Å². The Morgan fingerprint density at radius 1 is 1.36 bits per heavy atom. The molecule has 1 saturated heterocycles. The van der Waals surface area contributed by atoms with E-state index in [1.54, 1.807) is 6.20 Å². The molecule has 0 aliphatic carbocycles. The van der Waals surface area contributed by atoms with Crippen LogP contribution in [-0.2, 0) is 0 Å². The zero-order valence-corrected chi connectivity index (χ0v) is 8.39. The Hall–Kier alpha value is -0.930. The van der Waals surface area contributed by atoms with E-state index in [0.29, 0.717) is 6.04 Å². The molecule has 1 aliphatic heterocycles. The largest absolute Gasteiger partial charge is 0.268 e. The average Bonchev–Trinajstić information content (AvgIpc) is 2.44. The van der Waals surface area contributed by atoms with Crippen molar-refractivity contribution in [1.82, 2.24) is 9.99 Å². The standard InChI is InChI=1S/C11H17N3/c12-14-8-3-1-2-6-11(14)10-5-4-7-13-9-10/h4-5,7,9,11H,1-3,6,8,12H2/t11-/m1/s1. The summed E-state index contributed by atoms with van der Waals surface area (Å²) in [7, 11) is 0. The molecule has 0 spiro atoms. The molecule has 76 valence electrons. The molecule has 1 atom stereocenters. The van der Waals surface area contributed by atoms with Gasteiger partial charge in [0.2, 0.25) is 0 Å². The van der Waals surface area contributed by atoms with Crippen LogP contribution in [0.2, 0.25) is 0 Å². The number of nitrogens with zero attached hydrogens (tertiary/aromatic N) is 2. The van der Waals surface area contributed by atoms with E-state index in [1.165, 1.54) is 24.8 Å². The second-order valence-corrected chi connectivity index (χ2v) is 3.89. The predicted molar refractivity (Wildman–Crippen MR) is 56.3 cm³/mol. The molecule has 0 radical (unpaired) electrons. The van der Waals surface area contributed by atoms with Crippen LogP contribution in [0.1, 0.15) is 37.3 Å². The van der Waals surface area contributed by atoms with Gasteiger partial charge in [0.25, 0.3) is 0 Å². The van der Waals surface area contributed by atoms with Gasteiger partial charge in [0.15, 0.2) is 0 Å². The van der Waals surface area contributed by atoms with Gasteiger partial charge < -0.3 is 0 Å². The molecule has 0 bridgehead atoms. The highest BCUT2D eigenvalue weighted by atomic mass is 15.4. The van der Waals surface area contributed by atoms with Gasteiger partial charge in [-0.3, -0.25) is 10.8 Å². The Labute approximate surface area is 84.9 Å². The lowest BCUT2D eigenvalue weighted by molar-refractivity contribution is 0.206. The van der Waals surface area contributed by atoms with Crippen molar-refractivity contribution < 1.29 is 0 Å². The summed E-state index contributed by atoms with van der Waals surface area (Å²) in [6, 6.07) is 4.46. The van der Waals surface area contributed by atoms with Crippen LogP contribution in [0.4, 0.5) is 0 Å². The van der Waals surface area contributed by atoms with Crippen molar-refractivity contribution in [1.29, 1.82) is 0 Å². The Morgan fingerprint density at radius 2 is 2.29 bits per heavy atom. The molecule has 1 fully saturated rings. The molecule has 2 heterocycles. The van der Waals surface area contributed by atoms with E-state index in [9.17, 15) is 0 Å². The lowest BCUT2D eigenvalue weighted by atomic mass is 10.0. The maximum atomic E-state index is 6.02. The second kappa shape index (κ2) is 4.53. The number of hydrogen-bond acceptors (Lipinski definition) is 3. The summed E-state index contributed by atoms with van der Waals surface area (Å²) in [5.74, 6) is 6.02. The van der Waals surface area contributed by atoms with Crippen LogP contribution in [0, 0.1) is 0 Å². The van der Waals surface area contributed by atoms with Gasteiger partial charge in [0, 0.05) is 18.9 Å². The first-order valence-corrected chi connectivity index (χ1v) is 5.29. The summed E-state index contributed by atoms with van der Waals surface area (Å²) >= 11 is 0. The van der Waals surface area contributed by atoms with Crippen molar-refractivity contribution in [3.05, 3.63) is 30.1 Å². The fraction of sp³-hybridized carbons (Fsp3) is 0.545. The summed E-state index contributed by atoms with van der Waals surface area (Å²) in [4.78, 5) is 4.14. The molecule has 3 nitrogen and oxygen atoms in total. The minimum absolute atomic E-state index is 0.367. The van der Waals surface area contributed by atoms with E-state index < -0.39 is 0 Å². The molecular weight excluding hydrogens is 174 g/mol. The molecular formula is C11H17N3. The van der Waals surface area contributed by atoms with E-state index in [4.69, 9.17) is 5.84 Å². The van der Waals surface area contributed by atoms with Gasteiger partial charge in [-0.25, -0.2) is 5.01 Å². The maximum Gasteiger partial charge on any atom is 0.0505 e. The van der Waals surface area contributed by atoms with Crippen LogP contribution >= 0.6 is 0 Å². The van der Waals surface area contributed by atoms with E-state index in [0.717, 1.165) is 13.0 Å². The highest BCUT2D eigenvalue weighted by Gasteiger charge is 2.19. The topological polar surface area (TPSA) is 42.1 Å². The van der Waals surface area contributed by atoms with Gasteiger partial charge in [0.1, 0.15) is 0 Å². The molecule has 0 amide bonds. The van der Waals surface area contributed by atoms with Gasteiger partial charge in [-0.05, 0) is 24.5 Å².